The van der Waals surface area contributed by atoms with E-state index in [1.54, 1.807) is 11.3 Å². The van der Waals surface area contributed by atoms with Gasteiger partial charge >= 0.3 is 0 Å². The third-order valence-electron chi connectivity index (χ3n) is 4.64. The van der Waals surface area contributed by atoms with Gasteiger partial charge in [-0.2, -0.15) is 0 Å². The van der Waals surface area contributed by atoms with Crippen LogP contribution in [0.15, 0.2) is 6.07 Å². The van der Waals surface area contributed by atoms with Crippen LogP contribution in [0.3, 0.4) is 0 Å². The molecule has 0 saturated heterocycles. The first-order valence-corrected chi connectivity index (χ1v) is 8.46. The molecule has 2 nitrogen and oxygen atoms in total. The van der Waals surface area contributed by atoms with Gasteiger partial charge in [0.2, 0.25) is 0 Å². The summed E-state index contributed by atoms with van der Waals surface area (Å²) in [4.78, 5) is 1.44. The van der Waals surface area contributed by atoms with Gasteiger partial charge in [-0.15, -0.1) is 11.3 Å². The topological polar surface area (TPSA) is 32.3 Å². The number of aliphatic hydroxyl groups excluding tert-OH is 1. The summed E-state index contributed by atoms with van der Waals surface area (Å²) in [7, 11) is 0. The number of halogens is 1. The second-order valence-electron chi connectivity index (χ2n) is 5.62. The van der Waals surface area contributed by atoms with Crippen LogP contribution in [0.5, 0.6) is 0 Å². The Morgan fingerprint density at radius 2 is 2.21 bits per heavy atom. The van der Waals surface area contributed by atoms with Crippen molar-refractivity contribution in [2.24, 2.45) is 5.41 Å². The van der Waals surface area contributed by atoms with Crippen molar-refractivity contribution in [3.63, 3.8) is 0 Å². The van der Waals surface area contributed by atoms with Gasteiger partial charge in [-0.25, -0.2) is 0 Å². The van der Waals surface area contributed by atoms with Crippen LogP contribution in [0.2, 0.25) is 4.34 Å². The molecule has 108 valence electrons. The van der Waals surface area contributed by atoms with Crippen molar-refractivity contribution in [3.05, 3.63) is 20.8 Å². The molecule has 1 aliphatic carbocycles. The summed E-state index contributed by atoms with van der Waals surface area (Å²) < 4.78 is 0.901. The molecule has 0 fully saturated rings. The van der Waals surface area contributed by atoms with Gasteiger partial charge in [0.15, 0.2) is 0 Å². The highest BCUT2D eigenvalue weighted by molar-refractivity contribution is 7.16. The highest BCUT2D eigenvalue weighted by Crippen LogP contribution is 2.38. The highest BCUT2D eigenvalue weighted by Gasteiger charge is 2.28. The quantitative estimate of drug-likeness (QED) is 0.826. The standard InChI is InChI=1S/C15H24ClNOS/c1-3-15(4-2,10-18)9-17-12-6-5-7-13-11(12)8-14(16)19-13/h8,12,17-18H,3-7,9-10H2,1-2H3. The zero-order valence-electron chi connectivity index (χ0n) is 11.8. The first-order valence-electron chi connectivity index (χ1n) is 7.26. The lowest BCUT2D eigenvalue weighted by molar-refractivity contribution is 0.109. The minimum atomic E-state index is 0.0252. The van der Waals surface area contributed by atoms with E-state index in [1.165, 1.54) is 23.3 Å². The van der Waals surface area contributed by atoms with Crippen molar-refractivity contribution >= 4 is 22.9 Å². The molecule has 4 heteroatoms. The molecule has 0 saturated carbocycles. The smallest absolute Gasteiger partial charge is 0.0934 e. The van der Waals surface area contributed by atoms with Crippen LogP contribution in [0, 0.1) is 5.41 Å². The van der Waals surface area contributed by atoms with Gasteiger partial charge in [0.1, 0.15) is 0 Å². The molecule has 0 amide bonds. The Labute approximate surface area is 125 Å². The number of hydrogen-bond donors (Lipinski definition) is 2. The predicted octanol–water partition coefficient (Wildman–Crippen LogP) is 4.17. The molecule has 19 heavy (non-hydrogen) atoms. The van der Waals surface area contributed by atoms with E-state index in [-0.39, 0.29) is 12.0 Å². The fourth-order valence-corrected chi connectivity index (χ4v) is 4.24. The van der Waals surface area contributed by atoms with E-state index >= 15 is 0 Å². The van der Waals surface area contributed by atoms with Gasteiger partial charge in [0.25, 0.3) is 0 Å². The van der Waals surface area contributed by atoms with E-state index in [0.29, 0.717) is 6.04 Å². The Kier molecular flexibility index (Phi) is 5.29. The molecule has 2 N–H and O–H groups in total. The average molecular weight is 302 g/mol. The van der Waals surface area contributed by atoms with Crippen LogP contribution in [-0.4, -0.2) is 18.3 Å². The van der Waals surface area contributed by atoms with Crippen molar-refractivity contribution in [2.45, 2.75) is 52.0 Å². The minimum Gasteiger partial charge on any atom is -0.396 e. The van der Waals surface area contributed by atoms with Gasteiger partial charge in [0.05, 0.1) is 4.34 Å². The molecule has 1 atom stereocenters. The van der Waals surface area contributed by atoms with E-state index in [2.05, 4.69) is 25.2 Å². The zero-order valence-corrected chi connectivity index (χ0v) is 13.4. The van der Waals surface area contributed by atoms with Crippen LogP contribution in [0.4, 0.5) is 0 Å². The number of thiophene rings is 1. The summed E-state index contributed by atoms with van der Waals surface area (Å²) in [6, 6.07) is 2.54. The maximum atomic E-state index is 9.65. The summed E-state index contributed by atoms with van der Waals surface area (Å²) in [6.45, 7) is 5.47. The molecular formula is C15H24ClNOS. The second-order valence-corrected chi connectivity index (χ2v) is 7.39. The first-order chi connectivity index (χ1) is 9.14. The third kappa shape index (κ3) is 3.33. The summed E-state index contributed by atoms with van der Waals surface area (Å²) in [5, 5.41) is 13.3. The summed E-state index contributed by atoms with van der Waals surface area (Å²) in [5.74, 6) is 0. The lowest BCUT2D eigenvalue weighted by atomic mass is 9.82. The maximum Gasteiger partial charge on any atom is 0.0934 e. The first kappa shape index (κ1) is 15.3. The number of hydrogen-bond acceptors (Lipinski definition) is 3. The van der Waals surface area contributed by atoms with Crippen LogP contribution < -0.4 is 5.32 Å². The molecule has 1 heterocycles. The Bertz CT molecular complexity index is 406. The number of nitrogens with one attached hydrogen (secondary N) is 1. The van der Waals surface area contributed by atoms with Crippen LogP contribution in [0.1, 0.15) is 56.0 Å². The monoisotopic (exact) mass is 301 g/mol. The molecule has 0 aromatic carbocycles. The molecule has 2 rings (SSSR count). The predicted molar refractivity (Wildman–Crippen MR) is 83.1 cm³/mol. The molecule has 0 spiro atoms. The van der Waals surface area contributed by atoms with Crippen molar-refractivity contribution in [1.82, 2.24) is 5.32 Å². The normalized spacial score (nSPS) is 19.5. The molecule has 1 aliphatic rings. The van der Waals surface area contributed by atoms with Crippen LogP contribution >= 0.6 is 22.9 Å². The van der Waals surface area contributed by atoms with E-state index in [0.717, 1.165) is 30.1 Å². The molecule has 0 aliphatic heterocycles. The zero-order chi connectivity index (χ0) is 13.9. The number of fused-ring (bicyclic) bond motifs is 1. The van der Waals surface area contributed by atoms with Crippen molar-refractivity contribution in [3.8, 4) is 0 Å². The Morgan fingerprint density at radius 3 is 2.84 bits per heavy atom. The van der Waals surface area contributed by atoms with Gasteiger partial charge in [0, 0.05) is 29.5 Å². The maximum absolute atomic E-state index is 9.65. The molecule has 1 unspecified atom stereocenters. The number of aliphatic hydroxyl groups is 1. The second kappa shape index (κ2) is 6.57. The van der Waals surface area contributed by atoms with E-state index in [1.807, 2.05) is 0 Å². The summed E-state index contributed by atoms with van der Waals surface area (Å²) >= 11 is 7.86. The van der Waals surface area contributed by atoms with Gasteiger partial charge in [-0.1, -0.05) is 25.4 Å². The SMILES string of the molecule is CCC(CC)(CO)CNC1CCCc2sc(Cl)cc21. The Balaban J connectivity index is 2.04. The average Bonchev–Trinajstić information content (AvgIpc) is 2.82. The van der Waals surface area contributed by atoms with Crippen LogP contribution in [-0.2, 0) is 6.42 Å². The summed E-state index contributed by atoms with van der Waals surface area (Å²) in [6.07, 6.45) is 5.59. The number of rotatable bonds is 6. The third-order valence-corrected chi connectivity index (χ3v) is 5.98. The van der Waals surface area contributed by atoms with E-state index in [9.17, 15) is 5.11 Å². The van der Waals surface area contributed by atoms with Crippen molar-refractivity contribution in [1.29, 1.82) is 0 Å². The molecule has 0 radical (unpaired) electrons. The Morgan fingerprint density at radius 1 is 1.47 bits per heavy atom. The molecular weight excluding hydrogens is 278 g/mol. The molecule has 0 bridgehead atoms. The fourth-order valence-electron chi connectivity index (χ4n) is 2.85. The highest BCUT2D eigenvalue weighted by atomic mass is 35.5. The van der Waals surface area contributed by atoms with E-state index < -0.39 is 0 Å². The Hall–Kier alpha value is -0.0900. The fraction of sp³-hybridized carbons (Fsp3) is 0.733. The van der Waals surface area contributed by atoms with Gasteiger partial charge in [-0.3, -0.25) is 0 Å². The van der Waals surface area contributed by atoms with Crippen molar-refractivity contribution < 1.29 is 5.11 Å². The van der Waals surface area contributed by atoms with Gasteiger partial charge in [-0.05, 0) is 43.7 Å². The molecule has 1 aromatic heterocycles. The minimum absolute atomic E-state index is 0.0252. The summed E-state index contributed by atoms with van der Waals surface area (Å²) in [5.41, 5.74) is 1.41. The largest absolute Gasteiger partial charge is 0.396 e. The lowest BCUT2D eigenvalue weighted by Gasteiger charge is -2.33. The molecule has 1 aromatic rings. The lowest BCUT2D eigenvalue weighted by Crippen LogP contribution is -2.38. The number of aryl methyl sites for hydroxylation is 1. The van der Waals surface area contributed by atoms with Gasteiger partial charge < -0.3 is 10.4 Å². The van der Waals surface area contributed by atoms with Crippen LogP contribution in [0.25, 0.3) is 0 Å². The van der Waals surface area contributed by atoms with E-state index in [4.69, 9.17) is 11.6 Å². The van der Waals surface area contributed by atoms with Crippen molar-refractivity contribution in [2.75, 3.05) is 13.2 Å².